The Kier molecular flexibility index (Phi) is 2.71. The summed E-state index contributed by atoms with van der Waals surface area (Å²) in [5.74, 6) is 1.09. The van der Waals surface area contributed by atoms with Crippen LogP contribution in [0, 0.1) is 0 Å². The van der Waals surface area contributed by atoms with Gasteiger partial charge in [-0.05, 0) is 24.4 Å². The number of anilines is 1. The molecule has 84 valence electrons. The Morgan fingerprint density at radius 1 is 1.25 bits per heavy atom. The molecule has 2 aromatic heterocycles. The van der Waals surface area contributed by atoms with Gasteiger partial charge in [0.05, 0.1) is 5.39 Å². The number of hydrogen-bond donors (Lipinski definition) is 1. The Labute approximate surface area is 98.3 Å². The Balaban J connectivity index is 2.00. The molecule has 0 amide bonds. The first-order valence-electron chi connectivity index (χ1n) is 5.59. The standard InChI is InChI=1S/C11H14N4S/c1-3-12-4-6-15(5-1)10-9-2-7-16-11(9)14-8-13-10/h2,7-8,12H,1,3-6H2. The van der Waals surface area contributed by atoms with Crippen LogP contribution in [-0.2, 0) is 0 Å². The molecule has 5 heteroatoms. The summed E-state index contributed by atoms with van der Waals surface area (Å²) in [6.07, 6.45) is 2.85. The van der Waals surface area contributed by atoms with E-state index in [9.17, 15) is 0 Å². The van der Waals surface area contributed by atoms with Gasteiger partial charge in [-0.2, -0.15) is 0 Å². The fourth-order valence-electron chi connectivity index (χ4n) is 2.09. The topological polar surface area (TPSA) is 41.1 Å². The van der Waals surface area contributed by atoms with Crippen LogP contribution in [0.1, 0.15) is 6.42 Å². The molecule has 2 aromatic rings. The summed E-state index contributed by atoms with van der Waals surface area (Å²) in [7, 11) is 0. The van der Waals surface area contributed by atoms with Crippen LogP contribution < -0.4 is 10.2 Å². The van der Waals surface area contributed by atoms with Crippen molar-refractivity contribution in [1.82, 2.24) is 15.3 Å². The van der Waals surface area contributed by atoms with E-state index >= 15 is 0 Å². The van der Waals surface area contributed by atoms with E-state index in [1.165, 1.54) is 11.8 Å². The highest BCUT2D eigenvalue weighted by molar-refractivity contribution is 7.16. The average molecular weight is 234 g/mol. The molecule has 16 heavy (non-hydrogen) atoms. The maximum atomic E-state index is 4.44. The minimum Gasteiger partial charge on any atom is -0.355 e. The second kappa shape index (κ2) is 4.35. The van der Waals surface area contributed by atoms with Crippen molar-refractivity contribution in [2.24, 2.45) is 0 Å². The van der Waals surface area contributed by atoms with Crippen LogP contribution in [0.2, 0.25) is 0 Å². The second-order valence-corrected chi connectivity index (χ2v) is 4.82. The van der Waals surface area contributed by atoms with Gasteiger partial charge in [0.15, 0.2) is 0 Å². The zero-order valence-corrected chi connectivity index (χ0v) is 9.83. The SMILES string of the molecule is c1nc(N2CCCNCC2)c2ccsc2n1. The molecule has 4 nitrogen and oxygen atoms in total. The highest BCUT2D eigenvalue weighted by atomic mass is 32.1. The van der Waals surface area contributed by atoms with E-state index in [0.29, 0.717) is 0 Å². The highest BCUT2D eigenvalue weighted by Crippen LogP contribution is 2.26. The molecule has 0 radical (unpaired) electrons. The van der Waals surface area contributed by atoms with Gasteiger partial charge in [0.25, 0.3) is 0 Å². The summed E-state index contributed by atoms with van der Waals surface area (Å²) in [4.78, 5) is 12.2. The fourth-order valence-corrected chi connectivity index (χ4v) is 2.81. The highest BCUT2D eigenvalue weighted by Gasteiger charge is 2.14. The lowest BCUT2D eigenvalue weighted by Crippen LogP contribution is -2.28. The minimum absolute atomic E-state index is 1.03. The van der Waals surface area contributed by atoms with Gasteiger partial charge in [-0.3, -0.25) is 0 Å². The van der Waals surface area contributed by atoms with Crippen molar-refractivity contribution in [3.63, 3.8) is 0 Å². The predicted octanol–water partition coefficient (Wildman–Crippen LogP) is 1.49. The van der Waals surface area contributed by atoms with Crippen LogP contribution >= 0.6 is 11.3 Å². The van der Waals surface area contributed by atoms with Crippen LogP contribution in [0.15, 0.2) is 17.8 Å². The zero-order chi connectivity index (χ0) is 10.8. The smallest absolute Gasteiger partial charge is 0.140 e. The predicted molar refractivity (Wildman–Crippen MR) is 67.1 cm³/mol. The van der Waals surface area contributed by atoms with E-state index < -0.39 is 0 Å². The summed E-state index contributed by atoms with van der Waals surface area (Å²) >= 11 is 1.68. The minimum atomic E-state index is 1.03. The fraction of sp³-hybridized carbons (Fsp3) is 0.455. The number of rotatable bonds is 1. The Morgan fingerprint density at radius 2 is 2.25 bits per heavy atom. The molecule has 0 aromatic carbocycles. The lowest BCUT2D eigenvalue weighted by molar-refractivity contribution is 0.724. The molecule has 0 unspecified atom stereocenters. The third-order valence-corrected chi connectivity index (χ3v) is 3.70. The van der Waals surface area contributed by atoms with Gasteiger partial charge < -0.3 is 10.2 Å². The number of hydrogen-bond acceptors (Lipinski definition) is 5. The Hall–Kier alpha value is -1.20. The summed E-state index contributed by atoms with van der Waals surface area (Å²) < 4.78 is 0. The number of nitrogens with zero attached hydrogens (tertiary/aromatic N) is 3. The zero-order valence-electron chi connectivity index (χ0n) is 9.02. The van der Waals surface area contributed by atoms with Crippen molar-refractivity contribution in [2.45, 2.75) is 6.42 Å². The molecule has 0 spiro atoms. The first-order valence-corrected chi connectivity index (χ1v) is 6.47. The Bertz CT molecular complexity index is 474. The lowest BCUT2D eigenvalue weighted by atomic mass is 10.3. The summed E-state index contributed by atoms with van der Waals surface area (Å²) in [5.41, 5.74) is 0. The van der Waals surface area contributed by atoms with E-state index in [2.05, 4.69) is 31.6 Å². The van der Waals surface area contributed by atoms with Gasteiger partial charge in [-0.25, -0.2) is 9.97 Å². The van der Waals surface area contributed by atoms with Crippen molar-refractivity contribution in [1.29, 1.82) is 0 Å². The third kappa shape index (κ3) is 1.76. The molecule has 1 aliphatic heterocycles. The molecule has 0 saturated carbocycles. The van der Waals surface area contributed by atoms with E-state index in [0.717, 1.165) is 36.8 Å². The van der Waals surface area contributed by atoms with Crippen molar-refractivity contribution in [2.75, 3.05) is 31.1 Å². The monoisotopic (exact) mass is 234 g/mol. The van der Waals surface area contributed by atoms with Gasteiger partial charge in [0.2, 0.25) is 0 Å². The van der Waals surface area contributed by atoms with Crippen molar-refractivity contribution >= 4 is 27.4 Å². The number of aromatic nitrogens is 2. The molecule has 3 heterocycles. The van der Waals surface area contributed by atoms with E-state index in [1.807, 2.05) is 0 Å². The molecular formula is C11H14N4S. The van der Waals surface area contributed by atoms with Crippen molar-refractivity contribution in [3.05, 3.63) is 17.8 Å². The molecule has 0 aliphatic carbocycles. The molecule has 1 aliphatic rings. The van der Waals surface area contributed by atoms with Crippen LogP contribution in [0.3, 0.4) is 0 Å². The van der Waals surface area contributed by atoms with E-state index in [1.54, 1.807) is 17.7 Å². The molecule has 0 atom stereocenters. The largest absolute Gasteiger partial charge is 0.355 e. The third-order valence-electron chi connectivity index (χ3n) is 2.88. The molecule has 0 bridgehead atoms. The van der Waals surface area contributed by atoms with Gasteiger partial charge in [-0.1, -0.05) is 0 Å². The average Bonchev–Trinajstić information content (AvgIpc) is 2.63. The first kappa shape index (κ1) is 9.99. The van der Waals surface area contributed by atoms with E-state index in [4.69, 9.17) is 0 Å². The van der Waals surface area contributed by atoms with Crippen LogP contribution in [0.25, 0.3) is 10.2 Å². The van der Waals surface area contributed by atoms with Crippen LogP contribution in [-0.4, -0.2) is 36.1 Å². The number of nitrogens with one attached hydrogen (secondary N) is 1. The number of fused-ring (bicyclic) bond motifs is 1. The molecule has 1 fully saturated rings. The normalized spacial score (nSPS) is 17.6. The van der Waals surface area contributed by atoms with Gasteiger partial charge in [-0.15, -0.1) is 11.3 Å². The maximum absolute atomic E-state index is 4.44. The molecule has 3 rings (SSSR count). The first-order chi connectivity index (χ1) is 7.95. The van der Waals surface area contributed by atoms with Crippen LogP contribution in [0.5, 0.6) is 0 Å². The van der Waals surface area contributed by atoms with Gasteiger partial charge >= 0.3 is 0 Å². The molecule has 1 N–H and O–H groups in total. The second-order valence-electron chi connectivity index (χ2n) is 3.93. The lowest BCUT2D eigenvalue weighted by Gasteiger charge is -2.21. The maximum Gasteiger partial charge on any atom is 0.140 e. The van der Waals surface area contributed by atoms with Crippen LogP contribution in [0.4, 0.5) is 5.82 Å². The number of thiophene rings is 1. The van der Waals surface area contributed by atoms with Crippen molar-refractivity contribution < 1.29 is 0 Å². The molecule has 1 saturated heterocycles. The summed E-state index contributed by atoms with van der Waals surface area (Å²) in [6.45, 7) is 4.25. The molecular weight excluding hydrogens is 220 g/mol. The quantitative estimate of drug-likeness (QED) is 0.811. The van der Waals surface area contributed by atoms with Gasteiger partial charge in [0.1, 0.15) is 17.0 Å². The summed E-state index contributed by atoms with van der Waals surface area (Å²) in [5, 5.41) is 6.68. The van der Waals surface area contributed by atoms with E-state index in [-0.39, 0.29) is 0 Å². The van der Waals surface area contributed by atoms with Crippen molar-refractivity contribution in [3.8, 4) is 0 Å². The summed E-state index contributed by atoms with van der Waals surface area (Å²) in [6, 6.07) is 2.12. The Morgan fingerprint density at radius 3 is 3.25 bits per heavy atom. The van der Waals surface area contributed by atoms with Gasteiger partial charge in [0, 0.05) is 19.6 Å².